The van der Waals surface area contributed by atoms with Crippen LogP contribution in [0, 0.1) is 0 Å². The summed E-state index contributed by atoms with van der Waals surface area (Å²) in [7, 11) is 0. The van der Waals surface area contributed by atoms with Gasteiger partial charge in [-0.2, -0.15) is 0 Å². The molecule has 0 aromatic carbocycles. The van der Waals surface area contributed by atoms with Crippen molar-refractivity contribution in [2.45, 2.75) is 26.4 Å². The minimum absolute atomic E-state index is 0. The van der Waals surface area contributed by atoms with Gasteiger partial charge in [0.25, 0.3) is 0 Å². The van der Waals surface area contributed by atoms with E-state index in [2.05, 4.69) is 11.3 Å². The first-order chi connectivity index (χ1) is 3.42. The molecule has 0 saturated carbocycles. The molecule has 0 rings (SSSR count). The molecule has 0 spiro atoms. The molecule has 0 unspecified atom stereocenters. The van der Waals surface area contributed by atoms with E-state index in [1.54, 1.807) is 20.8 Å². The van der Waals surface area contributed by atoms with Crippen LogP contribution in [0.1, 0.15) is 20.8 Å². The third kappa shape index (κ3) is 11.8. The molecule has 2 nitrogen and oxygen atoms in total. The van der Waals surface area contributed by atoms with E-state index in [4.69, 9.17) is 0 Å². The van der Waals surface area contributed by atoms with Crippen LogP contribution in [-0.4, -0.2) is 5.60 Å². The number of hydrogen-bond acceptors (Lipinski definition) is 2. The van der Waals surface area contributed by atoms with Gasteiger partial charge in [0.1, 0.15) is 0 Å². The summed E-state index contributed by atoms with van der Waals surface area (Å²) >= 11 is 0. The summed E-state index contributed by atoms with van der Waals surface area (Å²) in [4.78, 5) is 0. The van der Waals surface area contributed by atoms with Gasteiger partial charge >= 0.3 is 29.6 Å². The first-order valence-electron chi connectivity index (χ1n) is 2.47. The summed E-state index contributed by atoms with van der Waals surface area (Å²) in [6.45, 7) is 8.47. The van der Waals surface area contributed by atoms with Crippen LogP contribution in [0.5, 0.6) is 0 Å². The largest absolute Gasteiger partial charge is 1.00 e. The third-order valence-electron chi connectivity index (χ3n) is 0.420. The number of hydrogen-bond donors (Lipinski definition) is 0. The maximum atomic E-state index is 10.1. The van der Waals surface area contributed by atoms with Crippen molar-refractivity contribution in [3.63, 3.8) is 0 Å². The van der Waals surface area contributed by atoms with Crippen molar-refractivity contribution < 1.29 is 39.4 Å². The van der Waals surface area contributed by atoms with E-state index in [1.807, 2.05) is 0 Å². The first-order valence-corrected chi connectivity index (χ1v) is 2.47. The fourth-order valence-corrected chi connectivity index (χ4v) is 0.342. The van der Waals surface area contributed by atoms with Crippen molar-refractivity contribution in [3.05, 3.63) is 12.5 Å². The third-order valence-corrected chi connectivity index (χ3v) is 0.420. The van der Waals surface area contributed by atoms with Gasteiger partial charge in [-0.05, 0) is 0 Å². The summed E-state index contributed by atoms with van der Waals surface area (Å²) in [6.07, 6.45) is 0. The molecule has 0 aromatic rings. The quantitative estimate of drug-likeness (QED) is 0.300. The minimum Gasteiger partial charge on any atom is -0.608 e. The average Bonchev–Trinajstić information content (AvgIpc) is 1.21. The van der Waals surface area contributed by atoms with Gasteiger partial charge in [0.05, 0.1) is 0 Å². The summed E-state index contributed by atoms with van der Waals surface area (Å²) in [6, 6.07) is 0. The Morgan fingerprint density at radius 2 is 1.78 bits per heavy atom. The van der Waals surface area contributed by atoms with Gasteiger partial charge < -0.3 is 9.84 Å². The first kappa shape index (κ1) is 12.1. The molecule has 0 aromatic heterocycles. The molecule has 0 N–H and O–H groups in total. The monoisotopic (exact) mass is 138 g/mol. The van der Waals surface area contributed by atoms with Gasteiger partial charge in [0.15, 0.2) is 0 Å². The predicted molar refractivity (Wildman–Crippen MR) is 30.0 cm³/mol. The fourth-order valence-electron chi connectivity index (χ4n) is 0.342. The van der Waals surface area contributed by atoms with Crippen LogP contribution in [0.3, 0.4) is 0 Å². The Bertz CT molecular complexity index is 93.7. The Hall–Kier alpha value is 0.340. The van der Waals surface area contributed by atoms with Crippen molar-refractivity contribution in [2.24, 2.45) is 0 Å². The predicted octanol–water partition coefficient (Wildman–Crippen LogP) is -2.36. The van der Waals surface area contributed by atoms with Crippen molar-refractivity contribution in [2.75, 3.05) is 0 Å². The molecule has 0 bridgehead atoms. The molecule has 0 fully saturated rings. The van der Waals surface area contributed by atoms with Gasteiger partial charge in [-0.15, -0.1) is 0 Å². The fraction of sp³-hybridized carbons (Fsp3) is 0.667. The normalized spacial score (nSPS) is 9.67. The topological polar surface area (TPSA) is 32.3 Å². The molecule has 0 atom stereocenters. The SMILES string of the molecule is C=C([O-])OC(C)(C)C.[Na+]. The molecule has 0 aliphatic carbocycles. The van der Waals surface area contributed by atoms with E-state index in [-0.39, 0.29) is 29.6 Å². The van der Waals surface area contributed by atoms with Crippen molar-refractivity contribution in [1.82, 2.24) is 0 Å². The summed E-state index contributed by atoms with van der Waals surface area (Å²) in [5.74, 6) is -0.475. The Kier molecular flexibility index (Phi) is 5.63. The molecule has 3 heteroatoms. The van der Waals surface area contributed by atoms with E-state index in [0.717, 1.165) is 0 Å². The van der Waals surface area contributed by atoms with Crippen LogP contribution < -0.4 is 34.7 Å². The molecule has 0 heterocycles. The van der Waals surface area contributed by atoms with Crippen LogP contribution in [0.4, 0.5) is 0 Å². The Morgan fingerprint density at radius 3 is 1.78 bits per heavy atom. The molecule has 9 heavy (non-hydrogen) atoms. The van der Waals surface area contributed by atoms with Gasteiger partial charge in [0, 0.05) is 11.5 Å². The van der Waals surface area contributed by atoms with Gasteiger partial charge in [-0.3, -0.25) is 0 Å². The van der Waals surface area contributed by atoms with Crippen LogP contribution in [-0.2, 0) is 4.74 Å². The molecule has 0 aliphatic rings. The Balaban J connectivity index is 0. The second kappa shape index (κ2) is 4.20. The zero-order chi connectivity index (χ0) is 6.78. The number of rotatable bonds is 1. The minimum atomic E-state index is -0.475. The van der Waals surface area contributed by atoms with E-state index in [1.165, 1.54) is 0 Å². The molecular weight excluding hydrogens is 127 g/mol. The van der Waals surface area contributed by atoms with Gasteiger partial charge in [-0.1, -0.05) is 27.4 Å². The van der Waals surface area contributed by atoms with E-state index in [0.29, 0.717) is 0 Å². The zero-order valence-electron chi connectivity index (χ0n) is 6.52. The van der Waals surface area contributed by atoms with Crippen molar-refractivity contribution in [1.29, 1.82) is 0 Å². The molecule has 0 amide bonds. The van der Waals surface area contributed by atoms with Crippen LogP contribution in [0.2, 0.25) is 0 Å². The summed E-state index contributed by atoms with van der Waals surface area (Å²) in [5.41, 5.74) is -0.390. The van der Waals surface area contributed by atoms with Crippen LogP contribution in [0.25, 0.3) is 0 Å². The van der Waals surface area contributed by atoms with Crippen molar-refractivity contribution >= 4 is 0 Å². The average molecular weight is 138 g/mol. The number of ether oxygens (including phenoxy) is 1. The maximum Gasteiger partial charge on any atom is 1.00 e. The zero-order valence-corrected chi connectivity index (χ0v) is 8.52. The van der Waals surface area contributed by atoms with Gasteiger partial charge in [0.2, 0.25) is 0 Å². The van der Waals surface area contributed by atoms with Crippen LogP contribution in [0.15, 0.2) is 12.5 Å². The van der Waals surface area contributed by atoms with E-state index < -0.39 is 11.5 Å². The molecule has 0 aliphatic heterocycles. The van der Waals surface area contributed by atoms with Crippen LogP contribution >= 0.6 is 0 Å². The summed E-state index contributed by atoms with van der Waals surface area (Å²) < 4.78 is 4.69. The van der Waals surface area contributed by atoms with Crippen molar-refractivity contribution in [3.8, 4) is 0 Å². The second-order valence-corrected chi connectivity index (χ2v) is 2.59. The van der Waals surface area contributed by atoms with E-state index in [9.17, 15) is 5.11 Å². The molecule has 0 radical (unpaired) electrons. The Morgan fingerprint density at radius 1 is 1.44 bits per heavy atom. The summed E-state index contributed by atoms with van der Waals surface area (Å²) in [5, 5.41) is 10.1. The molecule has 0 saturated heterocycles. The van der Waals surface area contributed by atoms with Gasteiger partial charge in [-0.25, -0.2) is 0 Å². The second-order valence-electron chi connectivity index (χ2n) is 2.59. The van der Waals surface area contributed by atoms with E-state index >= 15 is 0 Å². The molecular formula is C6H11NaO2. The molecule has 48 valence electrons. The maximum absolute atomic E-state index is 10.1. The smallest absolute Gasteiger partial charge is 0.608 e. The Labute approximate surface area is 78.2 Å². The standard InChI is InChI=1S/C6H12O2.Na/c1-5(7)8-6(2,3)4;/h7H,1H2,2-4H3;/q;+1/p-1.